The van der Waals surface area contributed by atoms with Gasteiger partial charge in [0, 0.05) is 47.3 Å². The molecule has 0 aromatic rings. The first-order valence-electron chi connectivity index (χ1n) is 6.94. The molecular weight excluding hydrogens is 226 g/mol. The molecule has 0 aliphatic carbocycles. The SMILES string of the molecule is CC(C)C1OCCCC1CN=C(N(C)C)N(C)C. The number of hydrogen-bond donors (Lipinski definition) is 0. The Morgan fingerprint density at radius 3 is 2.33 bits per heavy atom. The maximum absolute atomic E-state index is 5.91. The third kappa shape index (κ3) is 4.16. The number of guanidine groups is 1. The molecule has 1 heterocycles. The molecule has 0 aromatic heterocycles. The molecule has 4 heteroatoms. The number of ether oxygens (including phenoxy) is 1. The highest BCUT2D eigenvalue weighted by Gasteiger charge is 2.28. The lowest BCUT2D eigenvalue weighted by Gasteiger charge is -2.34. The van der Waals surface area contributed by atoms with Crippen molar-refractivity contribution in [2.24, 2.45) is 16.8 Å². The molecule has 0 saturated carbocycles. The predicted octanol–water partition coefficient (Wildman–Crippen LogP) is 1.92. The first-order valence-corrected chi connectivity index (χ1v) is 6.94. The summed E-state index contributed by atoms with van der Waals surface area (Å²) in [5, 5.41) is 0. The topological polar surface area (TPSA) is 28.1 Å². The Hall–Kier alpha value is -0.770. The summed E-state index contributed by atoms with van der Waals surface area (Å²) in [6.07, 6.45) is 2.77. The van der Waals surface area contributed by atoms with Crippen molar-refractivity contribution < 1.29 is 4.74 Å². The normalized spacial score (nSPS) is 23.9. The van der Waals surface area contributed by atoms with E-state index in [0.29, 0.717) is 17.9 Å². The van der Waals surface area contributed by atoms with Crippen LogP contribution in [0, 0.1) is 11.8 Å². The Balaban J connectivity index is 2.66. The zero-order valence-electron chi connectivity index (χ0n) is 12.8. The van der Waals surface area contributed by atoms with E-state index in [-0.39, 0.29) is 0 Å². The molecule has 0 radical (unpaired) electrons. The predicted molar refractivity (Wildman–Crippen MR) is 77.0 cm³/mol. The summed E-state index contributed by atoms with van der Waals surface area (Å²) >= 11 is 0. The van der Waals surface area contributed by atoms with Gasteiger partial charge in [0.25, 0.3) is 0 Å². The standard InChI is InChI=1S/C14H29N3O/c1-11(2)13-12(8-7-9-18-13)10-15-14(16(3)4)17(5)6/h11-13H,7-10H2,1-6H3. The van der Waals surface area contributed by atoms with Crippen molar-refractivity contribution in [2.45, 2.75) is 32.8 Å². The number of aliphatic imine (C=N–C) groups is 1. The molecule has 106 valence electrons. The van der Waals surface area contributed by atoms with Gasteiger partial charge in [0.2, 0.25) is 0 Å². The Morgan fingerprint density at radius 2 is 1.83 bits per heavy atom. The fourth-order valence-electron chi connectivity index (χ4n) is 2.68. The second-order valence-electron chi connectivity index (χ2n) is 5.91. The zero-order valence-corrected chi connectivity index (χ0v) is 12.8. The number of hydrogen-bond acceptors (Lipinski definition) is 2. The highest BCUT2D eigenvalue weighted by atomic mass is 16.5. The van der Waals surface area contributed by atoms with Crippen LogP contribution in [0.3, 0.4) is 0 Å². The maximum Gasteiger partial charge on any atom is 0.195 e. The van der Waals surface area contributed by atoms with Crippen LogP contribution in [0.1, 0.15) is 26.7 Å². The lowest BCUT2D eigenvalue weighted by atomic mass is 9.87. The monoisotopic (exact) mass is 255 g/mol. The van der Waals surface area contributed by atoms with E-state index in [9.17, 15) is 0 Å². The van der Waals surface area contributed by atoms with E-state index < -0.39 is 0 Å². The summed E-state index contributed by atoms with van der Waals surface area (Å²) < 4.78 is 5.91. The lowest BCUT2D eigenvalue weighted by molar-refractivity contribution is -0.0492. The van der Waals surface area contributed by atoms with Crippen molar-refractivity contribution in [2.75, 3.05) is 41.3 Å². The molecule has 0 N–H and O–H groups in total. The molecule has 0 spiro atoms. The molecule has 2 unspecified atom stereocenters. The van der Waals surface area contributed by atoms with Gasteiger partial charge in [-0.2, -0.15) is 0 Å². The molecule has 1 aliphatic rings. The first kappa shape index (κ1) is 15.3. The van der Waals surface area contributed by atoms with Crippen LogP contribution in [0.4, 0.5) is 0 Å². The highest BCUT2D eigenvalue weighted by Crippen LogP contribution is 2.26. The lowest BCUT2D eigenvalue weighted by Crippen LogP contribution is -2.38. The van der Waals surface area contributed by atoms with Crippen LogP contribution < -0.4 is 0 Å². The molecule has 4 nitrogen and oxygen atoms in total. The average molecular weight is 255 g/mol. The fraction of sp³-hybridized carbons (Fsp3) is 0.929. The minimum atomic E-state index is 0.369. The third-order valence-electron chi connectivity index (χ3n) is 3.42. The van der Waals surface area contributed by atoms with Crippen LogP contribution in [-0.2, 0) is 4.74 Å². The van der Waals surface area contributed by atoms with Crippen molar-refractivity contribution >= 4 is 5.96 Å². The highest BCUT2D eigenvalue weighted by molar-refractivity contribution is 5.79. The summed E-state index contributed by atoms with van der Waals surface area (Å²) in [5.74, 6) is 2.17. The third-order valence-corrected chi connectivity index (χ3v) is 3.42. The van der Waals surface area contributed by atoms with E-state index in [1.54, 1.807) is 0 Å². The van der Waals surface area contributed by atoms with Crippen LogP contribution in [0.25, 0.3) is 0 Å². The second kappa shape index (κ2) is 6.98. The molecule has 1 rings (SSSR count). The second-order valence-corrected chi connectivity index (χ2v) is 5.91. The van der Waals surface area contributed by atoms with Crippen LogP contribution in [0.5, 0.6) is 0 Å². The summed E-state index contributed by atoms with van der Waals surface area (Å²) in [5.41, 5.74) is 0. The van der Waals surface area contributed by atoms with E-state index in [1.165, 1.54) is 12.8 Å². The van der Waals surface area contributed by atoms with Crippen LogP contribution in [0.2, 0.25) is 0 Å². The molecule has 18 heavy (non-hydrogen) atoms. The van der Waals surface area contributed by atoms with Gasteiger partial charge in [0.05, 0.1) is 6.10 Å². The molecule has 0 bridgehead atoms. The molecular formula is C14H29N3O. The smallest absolute Gasteiger partial charge is 0.195 e. The molecule has 1 fully saturated rings. The Bertz CT molecular complexity index is 264. The van der Waals surface area contributed by atoms with E-state index in [4.69, 9.17) is 9.73 Å². The fourth-order valence-corrected chi connectivity index (χ4v) is 2.68. The minimum Gasteiger partial charge on any atom is -0.378 e. The van der Waals surface area contributed by atoms with Crippen molar-refractivity contribution in [3.63, 3.8) is 0 Å². The van der Waals surface area contributed by atoms with Gasteiger partial charge in [0.15, 0.2) is 5.96 Å². The number of rotatable bonds is 3. The van der Waals surface area contributed by atoms with Gasteiger partial charge in [-0.3, -0.25) is 4.99 Å². The summed E-state index contributed by atoms with van der Waals surface area (Å²) in [7, 11) is 8.15. The van der Waals surface area contributed by atoms with Crippen molar-refractivity contribution in [1.29, 1.82) is 0 Å². The summed E-state index contributed by atoms with van der Waals surface area (Å²) in [6, 6.07) is 0. The van der Waals surface area contributed by atoms with E-state index in [0.717, 1.165) is 19.1 Å². The van der Waals surface area contributed by atoms with Gasteiger partial charge in [-0.15, -0.1) is 0 Å². The van der Waals surface area contributed by atoms with E-state index >= 15 is 0 Å². The number of nitrogens with zero attached hydrogens (tertiary/aromatic N) is 3. The van der Waals surface area contributed by atoms with Crippen molar-refractivity contribution in [3.8, 4) is 0 Å². The Morgan fingerprint density at radius 1 is 1.22 bits per heavy atom. The van der Waals surface area contributed by atoms with Crippen LogP contribution >= 0.6 is 0 Å². The van der Waals surface area contributed by atoms with E-state index in [1.807, 2.05) is 28.2 Å². The van der Waals surface area contributed by atoms with E-state index in [2.05, 4.69) is 23.6 Å². The van der Waals surface area contributed by atoms with Crippen LogP contribution in [-0.4, -0.2) is 63.2 Å². The van der Waals surface area contributed by atoms with Crippen LogP contribution in [0.15, 0.2) is 4.99 Å². The minimum absolute atomic E-state index is 0.369. The summed E-state index contributed by atoms with van der Waals surface area (Å²) in [4.78, 5) is 8.89. The van der Waals surface area contributed by atoms with Gasteiger partial charge >= 0.3 is 0 Å². The van der Waals surface area contributed by atoms with Gasteiger partial charge in [-0.25, -0.2) is 0 Å². The van der Waals surface area contributed by atoms with Gasteiger partial charge in [-0.05, 0) is 18.8 Å². The van der Waals surface area contributed by atoms with Crippen molar-refractivity contribution in [1.82, 2.24) is 9.80 Å². The Kier molecular flexibility index (Phi) is 5.93. The Labute approximate surface area is 112 Å². The van der Waals surface area contributed by atoms with Crippen molar-refractivity contribution in [3.05, 3.63) is 0 Å². The maximum atomic E-state index is 5.91. The quantitative estimate of drug-likeness (QED) is 0.570. The zero-order chi connectivity index (χ0) is 13.7. The van der Waals surface area contributed by atoms with Gasteiger partial charge in [-0.1, -0.05) is 13.8 Å². The largest absolute Gasteiger partial charge is 0.378 e. The molecule has 0 aromatic carbocycles. The molecule has 1 saturated heterocycles. The molecule has 0 amide bonds. The van der Waals surface area contributed by atoms with Gasteiger partial charge in [0.1, 0.15) is 0 Å². The first-order chi connectivity index (χ1) is 8.43. The average Bonchev–Trinajstić information content (AvgIpc) is 2.28. The summed E-state index contributed by atoms with van der Waals surface area (Å²) in [6.45, 7) is 6.27. The molecule has 1 aliphatic heterocycles. The molecule has 2 atom stereocenters. The van der Waals surface area contributed by atoms with Gasteiger partial charge < -0.3 is 14.5 Å².